The summed E-state index contributed by atoms with van der Waals surface area (Å²) in [6.45, 7) is 2.05. The van der Waals surface area contributed by atoms with E-state index in [1.165, 1.54) is 6.07 Å². The third-order valence-electron chi connectivity index (χ3n) is 3.52. The molecule has 0 saturated heterocycles. The molecule has 0 saturated carbocycles. The van der Waals surface area contributed by atoms with Gasteiger partial charge in [-0.15, -0.1) is 11.6 Å². The molecule has 0 amide bonds. The second kappa shape index (κ2) is 6.47. The van der Waals surface area contributed by atoms with Gasteiger partial charge in [0, 0.05) is 23.3 Å². The molecule has 2 aromatic carbocycles. The second-order valence-corrected chi connectivity index (χ2v) is 5.42. The van der Waals surface area contributed by atoms with Crippen molar-refractivity contribution < 1.29 is 4.39 Å². The van der Waals surface area contributed by atoms with Gasteiger partial charge in [0.25, 0.3) is 0 Å². The van der Waals surface area contributed by atoms with E-state index in [2.05, 4.69) is 6.92 Å². The van der Waals surface area contributed by atoms with Crippen molar-refractivity contribution in [1.29, 1.82) is 0 Å². The number of halogens is 3. The summed E-state index contributed by atoms with van der Waals surface area (Å²) >= 11 is 11.9. The Balaban J connectivity index is 2.36. The van der Waals surface area contributed by atoms with Crippen molar-refractivity contribution in [3.8, 4) is 0 Å². The summed E-state index contributed by atoms with van der Waals surface area (Å²) in [5.41, 5.74) is 2.39. The van der Waals surface area contributed by atoms with Crippen LogP contribution in [-0.2, 0) is 5.88 Å². The van der Waals surface area contributed by atoms with E-state index in [0.717, 1.165) is 11.3 Å². The highest BCUT2D eigenvalue weighted by Crippen LogP contribution is 2.31. The molecule has 0 heterocycles. The molecule has 2 rings (SSSR count). The van der Waals surface area contributed by atoms with Crippen LogP contribution < -0.4 is 4.90 Å². The van der Waals surface area contributed by atoms with E-state index in [9.17, 15) is 4.39 Å². The Bertz CT molecular complexity index is 601. The van der Waals surface area contributed by atoms with Crippen LogP contribution in [0.3, 0.4) is 0 Å². The standard InChI is InChI=1S/C16H16Cl2FN/c1-11(12-5-3-6-13(18)9-12)20(2)16-8-4-7-15(19)14(16)10-17/h3-9,11H,10H2,1-2H3. The van der Waals surface area contributed by atoms with Crippen molar-refractivity contribution in [1.82, 2.24) is 0 Å². The molecule has 0 spiro atoms. The molecule has 4 heteroatoms. The Hall–Kier alpha value is -1.25. The minimum Gasteiger partial charge on any atom is -0.367 e. The number of hydrogen-bond acceptors (Lipinski definition) is 1. The van der Waals surface area contributed by atoms with E-state index in [1.807, 2.05) is 42.3 Å². The number of benzene rings is 2. The van der Waals surface area contributed by atoms with Crippen LogP contribution in [0, 0.1) is 5.82 Å². The van der Waals surface area contributed by atoms with Crippen LogP contribution in [0.2, 0.25) is 5.02 Å². The van der Waals surface area contributed by atoms with Gasteiger partial charge in [-0.25, -0.2) is 4.39 Å². The molecule has 0 aromatic heterocycles. The van der Waals surface area contributed by atoms with Crippen molar-refractivity contribution in [2.45, 2.75) is 18.8 Å². The maximum atomic E-state index is 13.8. The summed E-state index contributed by atoms with van der Waals surface area (Å²) in [4.78, 5) is 2.01. The van der Waals surface area contributed by atoms with Gasteiger partial charge in [-0.05, 0) is 36.8 Å². The normalized spacial score (nSPS) is 12.2. The first-order valence-electron chi connectivity index (χ1n) is 6.36. The zero-order valence-corrected chi connectivity index (χ0v) is 12.9. The van der Waals surface area contributed by atoms with Crippen molar-refractivity contribution in [2.75, 3.05) is 11.9 Å². The first-order chi connectivity index (χ1) is 9.54. The van der Waals surface area contributed by atoms with Gasteiger partial charge in [0.05, 0.1) is 11.9 Å². The Kier molecular flexibility index (Phi) is 4.90. The highest BCUT2D eigenvalue weighted by atomic mass is 35.5. The Labute approximate surface area is 128 Å². The molecule has 0 N–H and O–H groups in total. The van der Waals surface area contributed by atoms with Crippen LogP contribution in [0.15, 0.2) is 42.5 Å². The highest BCUT2D eigenvalue weighted by Gasteiger charge is 2.17. The van der Waals surface area contributed by atoms with E-state index in [4.69, 9.17) is 23.2 Å². The molecule has 20 heavy (non-hydrogen) atoms. The predicted octanol–water partition coefficient (Wildman–Crippen LogP) is 5.42. The first-order valence-corrected chi connectivity index (χ1v) is 7.27. The van der Waals surface area contributed by atoms with Crippen LogP contribution in [0.25, 0.3) is 0 Å². The van der Waals surface area contributed by atoms with E-state index >= 15 is 0 Å². The second-order valence-electron chi connectivity index (χ2n) is 4.71. The number of hydrogen-bond donors (Lipinski definition) is 0. The summed E-state index contributed by atoms with van der Waals surface area (Å²) in [6, 6.07) is 12.7. The van der Waals surface area contributed by atoms with Gasteiger partial charge in [-0.1, -0.05) is 29.8 Å². The molecule has 106 valence electrons. The Morgan fingerprint density at radius 3 is 2.55 bits per heavy atom. The predicted molar refractivity (Wildman–Crippen MR) is 84.2 cm³/mol. The third-order valence-corrected chi connectivity index (χ3v) is 4.02. The monoisotopic (exact) mass is 311 g/mol. The van der Waals surface area contributed by atoms with Gasteiger partial charge in [-0.3, -0.25) is 0 Å². The Morgan fingerprint density at radius 2 is 1.90 bits per heavy atom. The zero-order chi connectivity index (χ0) is 14.7. The van der Waals surface area contributed by atoms with Crippen molar-refractivity contribution in [2.24, 2.45) is 0 Å². The zero-order valence-electron chi connectivity index (χ0n) is 11.4. The quantitative estimate of drug-likeness (QED) is 0.682. The van der Waals surface area contributed by atoms with Gasteiger partial charge in [-0.2, -0.15) is 0 Å². The van der Waals surface area contributed by atoms with Crippen LogP contribution >= 0.6 is 23.2 Å². The van der Waals surface area contributed by atoms with E-state index < -0.39 is 0 Å². The minimum atomic E-state index is -0.275. The lowest BCUT2D eigenvalue weighted by molar-refractivity contribution is 0.614. The van der Waals surface area contributed by atoms with Crippen LogP contribution in [-0.4, -0.2) is 7.05 Å². The highest BCUT2D eigenvalue weighted by molar-refractivity contribution is 6.30. The lowest BCUT2D eigenvalue weighted by Gasteiger charge is -2.29. The largest absolute Gasteiger partial charge is 0.367 e. The van der Waals surface area contributed by atoms with E-state index in [0.29, 0.717) is 10.6 Å². The van der Waals surface area contributed by atoms with Crippen LogP contribution in [0.1, 0.15) is 24.1 Å². The number of alkyl halides is 1. The molecular formula is C16H16Cl2FN. The fourth-order valence-electron chi connectivity index (χ4n) is 2.21. The van der Waals surface area contributed by atoms with Crippen LogP contribution in [0.5, 0.6) is 0 Å². The number of rotatable bonds is 4. The average Bonchev–Trinajstić information content (AvgIpc) is 2.45. The molecular weight excluding hydrogens is 296 g/mol. The maximum absolute atomic E-state index is 13.8. The molecule has 0 aliphatic rings. The smallest absolute Gasteiger partial charge is 0.129 e. The first kappa shape index (κ1) is 15.1. The van der Waals surface area contributed by atoms with E-state index in [1.54, 1.807) is 6.07 Å². The van der Waals surface area contributed by atoms with E-state index in [-0.39, 0.29) is 17.7 Å². The molecule has 0 fully saturated rings. The van der Waals surface area contributed by atoms with Gasteiger partial charge in [0.2, 0.25) is 0 Å². The fourth-order valence-corrected chi connectivity index (χ4v) is 2.67. The molecule has 1 nitrogen and oxygen atoms in total. The van der Waals surface area contributed by atoms with Crippen molar-refractivity contribution >= 4 is 28.9 Å². The summed E-state index contributed by atoms with van der Waals surface area (Å²) < 4.78 is 13.8. The summed E-state index contributed by atoms with van der Waals surface area (Å²) in [5, 5.41) is 0.694. The number of nitrogens with zero attached hydrogens (tertiary/aromatic N) is 1. The van der Waals surface area contributed by atoms with Gasteiger partial charge < -0.3 is 4.90 Å². The molecule has 1 unspecified atom stereocenters. The molecule has 0 aliphatic heterocycles. The summed E-state index contributed by atoms with van der Waals surface area (Å²) in [5.74, 6) is -0.128. The topological polar surface area (TPSA) is 3.24 Å². The fraction of sp³-hybridized carbons (Fsp3) is 0.250. The third kappa shape index (κ3) is 3.08. The van der Waals surface area contributed by atoms with Gasteiger partial charge >= 0.3 is 0 Å². The molecule has 1 atom stereocenters. The van der Waals surface area contributed by atoms with Crippen molar-refractivity contribution in [3.05, 3.63) is 64.4 Å². The molecule has 0 radical (unpaired) electrons. The average molecular weight is 312 g/mol. The summed E-state index contributed by atoms with van der Waals surface area (Å²) in [6.07, 6.45) is 0. The lowest BCUT2D eigenvalue weighted by atomic mass is 10.1. The Morgan fingerprint density at radius 1 is 1.20 bits per heavy atom. The molecule has 2 aromatic rings. The molecule has 0 aliphatic carbocycles. The minimum absolute atomic E-state index is 0.0671. The SMILES string of the molecule is CC(c1cccc(Cl)c1)N(C)c1cccc(F)c1CCl. The number of anilines is 1. The van der Waals surface area contributed by atoms with Gasteiger partial charge in [0.1, 0.15) is 5.82 Å². The maximum Gasteiger partial charge on any atom is 0.129 e. The van der Waals surface area contributed by atoms with Crippen molar-refractivity contribution in [3.63, 3.8) is 0 Å². The molecule has 0 bridgehead atoms. The summed E-state index contributed by atoms with van der Waals surface area (Å²) in [7, 11) is 1.93. The lowest BCUT2D eigenvalue weighted by Crippen LogP contribution is -2.23. The van der Waals surface area contributed by atoms with Gasteiger partial charge in [0.15, 0.2) is 0 Å². The van der Waals surface area contributed by atoms with Crippen LogP contribution in [0.4, 0.5) is 10.1 Å².